The highest BCUT2D eigenvalue weighted by Crippen LogP contribution is 2.10. The van der Waals surface area contributed by atoms with Crippen LogP contribution in [0.5, 0.6) is 0 Å². The van der Waals surface area contributed by atoms with Gasteiger partial charge in [0.1, 0.15) is 18.1 Å². The number of nitrogens with two attached hydrogens (primary N) is 1. The molecule has 0 aromatic rings. The fraction of sp³-hybridized carbons (Fsp3) is 0.737. The number of carboxylic acid groups (broad SMARTS) is 2. The van der Waals surface area contributed by atoms with Gasteiger partial charge in [-0.3, -0.25) is 19.2 Å². The molecule has 5 atom stereocenters. The van der Waals surface area contributed by atoms with E-state index < -0.39 is 60.2 Å². The third-order valence-corrected chi connectivity index (χ3v) is 4.60. The van der Waals surface area contributed by atoms with Crippen LogP contribution < -0.4 is 21.7 Å². The number of nitrogens with one attached hydrogen (secondary N) is 3. The smallest absolute Gasteiger partial charge is 0.326 e. The molecular formula is C19H34N4O7. The number of carboxylic acids is 2. The molecule has 172 valence electrons. The van der Waals surface area contributed by atoms with E-state index in [1.807, 2.05) is 20.8 Å². The lowest BCUT2D eigenvalue weighted by molar-refractivity contribution is -0.147. The zero-order chi connectivity index (χ0) is 23.6. The van der Waals surface area contributed by atoms with Crippen molar-refractivity contribution in [2.24, 2.45) is 17.6 Å². The first-order valence-corrected chi connectivity index (χ1v) is 9.91. The molecule has 11 heteroatoms. The quantitative estimate of drug-likeness (QED) is 0.224. The Labute approximate surface area is 176 Å². The fourth-order valence-corrected chi connectivity index (χ4v) is 2.62. The summed E-state index contributed by atoms with van der Waals surface area (Å²) in [5.74, 6) is -4.92. The van der Waals surface area contributed by atoms with Gasteiger partial charge in [0.2, 0.25) is 17.7 Å². The van der Waals surface area contributed by atoms with Crippen LogP contribution in [0, 0.1) is 11.8 Å². The Morgan fingerprint density at radius 2 is 1.43 bits per heavy atom. The predicted molar refractivity (Wildman–Crippen MR) is 108 cm³/mol. The van der Waals surface area contributed by atoms with Crippen molar-refractivity contribution in [3.63, 3.8) is 0 Å². The van der Waals surface area contributed by atoms with Gasteiger partial charge in [-0.1, -0.05) is 34.1 Å². The monoisotopic (exact) mass is 430 g/mol. The van der Waals surface area contributed by atoms with Gasteiger partial charge in [0, 0.05) is 0 Å². The van der Waals surface area contributed by atoms with Gasteiger partial charge in [0.25, 0.3) is 0 Å². The zero-order valence-electron chi connectivity index (χ0n) is 18.1. The number of rotatable bonds is 13. The molecule has 0 heterocycles. The summed E-state index contributed by atoms with van der Waals surface area (Å²) < 4.78 is 0. The topological polar surface area (TPSA) is 188 Å². The molecule has 0 saturated heterocycles. The summed E-state index contributed by atoms with van der Waals surface area (Å²) in [5, 5.41) is 24.9. The van der Waals surface area contributed by atoms with Crippen LogP contribution >= 0.6 is 0 Å². The largest absolute Gasteiger partial charge is 0.481 e. The third kappa shape index (κ3) is 9.68. The first-order chi connectivity index (χ1) is 13.8. The average Bonchev–Trinajstić information content (AvgIpc) is 2.63. The highest BCUT2D eigenvalue weighted by atomic mass is 16.4. The van der Waals surface area contributed by atoms with Gasteiger partial charge in [-0.15, -0.1) is 0 Å². The van der Waals surface area contributed by atoms with Gasteiger partial charge < -0.3 is 31.9 Å². The van der Waals surface area contributed by atoms with Crippen LogP contribution in [0.2, 0.25) is 0 Å². The average molecular weight is 431 g/mol. The summed E-state index contributed by atoms with van der Waals surface area (Å²) in [5.41, 5.74) is 5.87. The second-order valence-corrected chi connectivity index (χ2v) is 7.84. The molecule has 7 N–H and O–H groups in total. The maximum absolute atomic E-state index is 12.7. The molecule has 0 aromatic heterocycles. The van der Waals surface area contributed by atoms with Crippen LogP contribution in [0.3, 0.4) is 0 Å². The molecule has 0 aliphatic rings. The molecule has 0 rings (SSSR count). The molecule has 11 nitrogen and oxygen atoms in total. The Kier molecular flexibility index (Phi) is 11.6. The van der Waals surface area contributed by atoms with Crippen molar-refractivity contribution < 1.29 is 34.2 Å². The summed E-state index contributed by atoms with van der Waals surface area (Å²) in [4.78, 5) is 59.0. The molecule has 3 amide bonds. The van der Waals surface area contributed by atoms with E-state index >= 15 is 0 Å². The summed E-state index contributed by atoms with van der Waals surface area (Å²) in [6, 6.07) is -4.50. The van der Waals surface area contributed by atoms with Crippen molar-refractivity contribution in [1.82, 2.24) is 16.0 Å². The minimum absolute atomic E-state index is 0.193. The van der Waals surface area contributed by atoms with Crippen LogP contribution in [0.15, 0.2) is 0 Å². The van der Waals surface area contributed by atoms with E-state index in [0.717, 1.165) is 0 Å². The van der Waals surface area contributed by atoms with Crippen molar-refractivity contribution >= 4 is 29.7 Å². The lowest BCUT2D eigenvalue weighted by Gasteiger charge is -2.27. The van der Waals surface area contributed by atoms with Gasteiger partial charge in [-0.25, -0.2) is 4.79 Å². The van der Waals surface area contributed by atoms with E-state index in [4.69, 9.17) is 15.9 Å². The van der Waals surface area contributed by atoms with E-state index in [1.54, 1.807) is 6.92 Å². The lowest BCUT2D eigenvalue weighted by Crippen LogP contribution is -2.58. The third-order valence-electron chi connectivity index (χ3n) is 4.60. The molecule has 30 heavy (non-hydrogen) atoms. The van der Waals surface area contributed by atoms with Crippen molar-refractivity contribution in [2.45, 2.75) is 78.0 Å². The SMILES string of the molecule is CCC(C)C(NC(=O)C(N)CC(C)C)C(=O)NC(C)C(=O)NC(CC(=O)O)C(=O)O. The summed E-state index contributed by atoms with van der Waals surface area (Å²) in [7, 11) is 0. The minimum atomic E-state index is -1.63. The van der Waals surface area contributed by atoms with E-state index in [1.165, 1.54) is 6.92 Å². The minimum Gasteiger partial charge on any atom is -0.481 e. The standard InChI is InChI=1S/C19H34N4O7/c1-6-10(4)15(23-17(27)12(20)7-9(2)3)18(28)21-11(5)16(26)22-13(19(29)30)8-14(24)25/h9-13,15H,6-8,20H2,1-5H3,(H,21,28)(H,22,26)(H,23,27)(H,24,25)(H,29,30). The van der Waals surface area contributed by atoms with E-state index in [9.17, 15) is 24.0 Å². The van der Waals surface area contributed by atoms with E-state index in [-0.39, 0.29) is 11.8 Å². The molecule has 5 unspecified atom stereocenters. The van der Waals surface area contributed by atoms with Crippen LogP contribution in [-0.4, -0.2) is 64.0 Å². The van der Waals surface area contributed by atoms with Gasteiger partial charge in [-0.2, -0.15) is 0 Å². The van der Waals surface area contributed by atoms with Crippen molar-refractivity contribution in [3.05, 3.63) is 0 Å². The molecule has 0 spiro atoms. The number of hydrogen-bond acceptors (Lipinski definition) is 6. The number of carbonyl (C=O) groups is 5. The van der Waals surface area contributed by atoms with Gasteiger partial charge in [-0.05, 0) is 25.2 Å². The van der Waals surface area contributed by atoms with Crippen LogP contribution in [0.1, 0.15) is 53.9 Å². The number of aliphatic carboxylic acids is 2. The molecule has 0 radical (unpaired) electrons. The van der Waals surface area contributed by atoms with Crippen molar-refractivity contribution in [1.29, 1.82) is 0 Å². The first kappa shape index (κ1) is 27.3. The number of amides is 3. The summed E-state index contributed by atoms with van der Waals surface area (Å²) >= 11 is 0. The summed E-state index contributed by atoms with van der Waals surface area (Å²) in [6.07, 6.45) is 0.207. The highest BCUT2D eigenvalue weighted by Gasteiger charge is 2.31. The molecule has 0 bridgehead atoms. The maximum Gasteiger partial charge on any atom is 0.326 e. The molecule has 0 aromatic carbocycles. The zero-order valence-corrected chi connectivity index (χ0v) is 18.1. The Bertz CT molecular complexity index is 638. The lowest BCUT2D eigenvalue weighted by atomic mass is 9.96. The number of carbonyl (C=O) groups excluding carboxylic acids is 3. The van der Waals surface area contributed by atoms with Crippen molar-refractivity contribution in [3.8, 4) is 0 Å². The molecule has 0 aliphatic carbocycles. The normalized spacial score (nSPS) is 16.0. The maximum atomic E-state index is 12.7. The van der Waals surface area contributed by atoms with E-state index in [0.29, 0.717) is 12.8 Å². The highest BCUT2D eigenvalue weighted by molar-refractivity contribution is 5.94. The second kappa shape index (κ2) is 12.8. The van der Waals surface area contributed by atoms with Crippen molar-refractivity contribution in [2.75, 3.05) is 0 Å². The molecule has 0 aliphatic heterocycles. The Morgan fingerprint density at radius 3 is 1.87 bits per heavy atom. The number of hydrogen-bond donors (Lipinski definition) is 6. The molecule has 0 saturated carbocycles. The Balaban J connectivity index is 5.13. The Morgan fingerprint density at radius 1 is 0.867 bits per heavy atom. The fourth-order valence-electron chi connectivity index (χ4n) is 2.62. The molecule has 0 fully saturated rings. The van der Waals surface area contributed by atoms with Gasteiger partial charge >= 0.3 is 11.9 Å². The Hall–Kier alpha value is -2.69. The predicted octanol–water partition coefficient (Wildman–Crippen LogP) is -0.560. The van der Waals surface area contributed by atoms with E-state index in [2.05, 4.69) is 16.0 Å². The molecular weight excluding hydrogens is 396 g/mol. The van der Waals surface area contributed by atoms with Gasteiger partial charge in [0.15, 0.2) is 0 Å². The van der Waals surface area contributed by atoms with Crippen LogP contribution in [-0.2, 0) is 24.0 Å². The first-order valence-electron chi connectivity index (χ1n) is 9.91. The van der Waals surface area contributed by atoms with Crippen LogP contribution in [0.25, 0.3) is 0 Å². The second-order valence-electron chi connectivity index (χ2n) is 7.84. The van der Waals surface area contributed by atoms with Gasteiger partial charge in [0.05, 0.1) is 12.5 Å². The summed E-state index contributed by atoms with van der Waals surface area (Å²) in [6.45, 7) is 8.76. The van der Waals surface area contributed by atoms with Crippen LogP contribution in [0.4, 0.5) is 0 Å².